The number of hydrogen-bond donors (Lipinski definition) is 0. The second kappa shape index (κ2) is 4.97. The Bertz CT molecular complexity index is 425. The molecule has 76 valence electrons. The summed E-state index contributed by atoms with van der Waals surface area (Å²) in [6.07, 6.45) is 1.05. The van der Waals surface area contributed by atoms with Crippen LogP contribution in [0, 0.1) is 16.7 Å². The largest absolute Gasteiger partial charge is 0.402 e. The Balaban J connectivity index is 3.05. The van der Waals surface area contributed by atoms with Gasteiger partial charge in [0.05, 0.1) is 0 Å². The van der Waals surface area contributed by atoms with Gasteiger partial charge >= 0.3 is 5.69 Å². The van der Waals surface area contributed by atoms with Crippen LogP contribution in [0.1, 0.15) is 18.9 Å². The summed E-state index contributed by atoms with van der Waals surface area (Å²) < 4.78 is 0. The van der Waals surface area contributed by atoms with Gasteiger partial charge in [0.2, 0.25) is 5.39 Å². The van der Waals surface area contributed by atoms with Crippen molar-refractivity contribution in [3.05, 3.63) is 28.7 Å². The Morgan fingerprint density at radius 3 is 2.73 bits per heavy atom. The maximum atomic E-state index is 8.85. The van der Waals surface area contributed by atoms with Gasteiger partial charge in [-0.3, -0.25) is 0 Å². The predicted octanol–water partition coefficient (Wildman–Crippen LogP) is 2.89. The number of nitrogens with zero attached hydrogens (tertiary/aromatic N) is 4. The number of rotatable bonds is 3. The van der Waals surface area contributed by atoms with E-state index in [0.29, 0.717) is 11.3 Å². The fraction of sp³-hybridized carbons (Fsp3) is 0.364. The summed E-state index contributed by atoms with van der Waals surface area (Å²) in [6, 6.07) is 7.21. The molecular weight excluding hydrogens is 188 g/mol. The molecule has 4 nitrogen and oxygen atoms in total. The molecule has 0 saturated carbocycles. The first-order valence-corrected chi connectivity index (χ1v) is 4.83. The molecule has 0 aromatic heterocycles. The van der Waals surface area contributed by atoms with E-state index in [0.717, 1.165) is 18.7 Å². The molecule has 0 aliphatic rings. The van der Waals surface area contributed by atoms with E-state index >= 15 is 0 Å². The van der Waals surface area contributed by atoms with Crippen molar-refractivity contribution in [3.8, 4) is 6.07 Å². The van der Waals surface area contributed by atoms with Crippen molar-refractivity contribution in [2.24, 2.45) is 0 Å². The maximum absolute atomic E-state index is 8.85. The van der Waals surface area contributed by atoms with Crippen LogP contribution in [0.5, 0.6) is 0 Å². The minimum atomic E-state index is 0.311. The molecule has 0 heterocycles. The lowest BCUT2D eigenvalue weighted by molar-refractivity contribution is 0.852. The van der Waals surface area contributed by atoms with Crippen molar-refractivity contribution in [3.63, 3.8) is 0 Å². The van der Waals surface area contributed by atoms with E-state index < -0.39 is 0 Å². The summed E-state index contributed by atoms with van der Waals surface area (Å²) in [5.41, 5.74) is 1.66. The van der Waals surface area contributed by atoms with Gasteiger partial charge in [-0.15, -0.1) is 0 Å². The van der Waals surface area contributed by atoms with Crippen LogP contribution in [-0.2, 0) is 0 Å². The highest BCUT2D eigenvalue weighted by atomic mass is 15.1. The fourth-order valence-electron chi connectivity index (χ4n) is 1.40. The second-order valence-corrected chi connectivity index (χ2v) is 3.33. The Morgan fingerprint density at radius 1 is 1.47 bits per heavy atom. The molecule has 0 fully saturated rings. The van der Waals surface area contributed by atoms with Gasteiger partial charge in [0.1, 0.15) is 11.6 Å². The van der Waals surface area contributed by atoms with E-state index in [1.165, 1.54) is 0 Å². The smallest absolute Gasteiger partial charge is 0.375 e. The number of benzene rings is 1. The number of hydrogen-bond acceptors (Lipinski definition) is 3. The van der Waals surface area contributed by atoms with Crippen LogP contribution in [0.15, 0.2) is 18.2 Å². The lowest BCUT2D eigenvalue weighted by atomic mass is 10.1. The molecule has 1 rings (SSSR count). The van der Waals surface area contributed by atoms with Crippen LogP contribution in [0.2, 0.25) is 0 Å². The third kappa shape index (κ3) is 2.45. The predicted molar refractivity (Wildman–Crippen MR) is 59.5 cm³/mol. The summed E-state index contributed by atoms with van der Waals surface area (Å²) in [5.74, 6) is 0. The van der Waals surface area contributed by atoms with Gasteiger partial charge in [0.15, 0.2) is 4.98 Å². The molecule has 15 heavy (non-hydrogen) atoms. The normalized spacial score (nSPS) is 9.07. The molecule has 0 bridgehead atoms. The molecule has 0 unspecified atom stereocenters. The zero-order valence-corrected chi connectivity index (χ0v) is 8.94. The first-order chi connectivity index (χ1) is 7.22. The molecule has 4 heteroatoms. The summed E-state index contributed by atoms with van der Waals surface area (Å²) in [4.78, 5) is 5.10. The summed E-state index contributed by atoms with van der Waals surface area (Å²) >= 11 is 0. The highest BCUT2D eigenvalue weighted by Gasteiger charge is 2.14. The third-order valence-corrected chi connectivity index (χ3v) is 2.21. The van der Waals surface area contributed by atoms with Gasteiger partial charge in [-0.1, -0.05) is 6.92 Å². The second-order valence-electron chi connectivity index (χ2n) is 3.33. The van der Waals surface area contributed by atoms with Crippen LogP contribution in [0.3, 0.4) is 0 Å². The van der Waals surface area contributed by atoms with E-state index in [9.17, 15) is 0 Å². The Hall–Kier alpha value is -2.07. The summed E-state index contributed by atoms with van der Waals surface area (Å²) in [7, 11) is 1.97. The SMILES string of the molecule is CCCN(C)c1ccc([N+]#N)c(C#N)c1. The van der Waals surface area contributed by atoms with Crippen molar-refractivity contribution >= 4 is 11.4 Å². The first-order valence-electron chi connectivity index (χ1n) is 4.83. The number of anilines is 1. The minimum absolute atomic E-state index is 0.311. The monoisotopic (exact) mass is 201 g/mol. The summed E-state index contributed by atoms with van der Waals surface area (Å²) in [5, 5.41) is 17.5. The van der Waals surface area contributed by atoms with E-state index in [1.807, 2.05) is 19.2 Å². The number of nitriles is 1. The lowest BCUT2D eigenvalue weighted by Gasteiger charge is -2.17. The Labute approximate surface area is 89.4 Å². The standard InChI is InChI=1S/C11H13N4/c1-3-6-15(2)10-4-5-11(14-13)9(7-10)8-12/h4-5,7H,3,6H2,1-2H3/q+1. The first kappa shape index (κ1) is 11.0. The van der Waals surface area contributed by atoms with Gasteiger partial charge in [0.25, 0.3) is 0 Å². The van der Waals surface area contributed by atoms with E-state index in [1.54, 1.807) is 12.1 Å². The van der Waals surface area contributed by atoms with Gasteiger partial charge in [0, 0.05) is 25.3 Å². The topological polar surface area (TPSA) is 55.2 Å². The van der Waals surface area contributed by atoms with Crippen molar-refractivity contribution in [1.29, 1.82) is 10.7 Å². The zero-order chi connectivity index (χ0) is 11.3. The lowest BCUT2D eigenvalue weighted by Crippen LogP contribution is -2.17. The molecule has 0 aliphatic carbocycles. The molecule has 0 saturated heterocycles. The molecule has 0 aliphatic heterocycles. The van der Waals surface area contributed by atoms with Gasteiger partial charge in [-0.2, -0.15) is 5.26 Å². The van der Waals surface area contributed by atoms with Crippen LogP contribution in [0.25, 0.3) is 4.98 Å². The number of diazo groups is 1. The highest BCUT2D eigenvalue weighted by molar-refractivity contribution is 5.65. The highest BCUT2D eigenvalue weighted by Crippen LogP contribution is 2.24. The Kier molecular flexibility index (Phi) is 3.65. The van der Waals surface area contributed by atoms with Crippen molar-refractivity contribution in [2.45, 2.75) is 13.3 Å². The maximum Gasteiger partial charge on any atom is 0.402 e. The molecule has 0 amide bonds. The molecule has 0 spiro atoms. The van der Waals surface area contributed by atoms with Crippen molar-refractivity contribution in [2.75, 3.05) is 18.5 Å². The zero-order valence-electron chi connectivity index (χ0n) is 8.94. The molecule has 0 radical (unpaired) electrons. The van der Waals surface area contributed by atoms with Crippen LogP contribution >= 0.6 is 0 Å². The van der Waals surface area contributed by atoms with E-state index in [-0.39, 0.29) is 0 Å². The third-order valence-electron chi connectivity index (χ3n) is 2.21. The molecule has 1 aromatic carbocycles. The molecule has 0 atom stereocenters. The van der Waals surface area contributed by atoms with Crippen molar-refractivity contribution in [1.82, 2.24) is 0 Å². The van der Waals surface area contributed by atoms with Crippen LogP contribution in [-0.4, -0.2) is 13.6 Å². The minimum Gasteiger partial charge on any atom is -0.375 e. The van der Waals surface area contributed by atoms with E-state index in [4.69, 9.17) is 10.7 Å². The fourth-order valence-corrected chi connectivity index (χ4v) is 1.40. The van der Waals surface area contributed by atoms with Crippen LogP contribution < -0.4 is 4.90 Å². The average Bonchev–Trinajstić information content (AvgIpc) is 2.28. The quantitative estimate of drug-likeness (QED) is 0.706. The Morgan fingerprint density at radius 2 is 2.20 bits per heavy atom. The summed E-state index contributed by atoms with van der Waals surface area (Å²) in [6.45, 7) is 3.03. The van der Waals surface area contributed by atoms with Crippen LogP contribution in [0.4, 0.5) is 11.4 Å². The van der Waals surface area contributed by atoms with Crippen molar-refractivity contribution < 1.29 is 0 Å². The van der Waals surface area contributed by atoms with E-state index in [2.05, 4.69) is 16.8 Å². The van der Waals surface area contributed by atoms with Gasteiger partial charge in [-0.25, -0.2) is 0 Å². The average molecular weight is 201 g/mol. The van der Waals surface area contributed by atoms with Gasteiger partial charge in [-0.05, 0) is 18.6 Å². The molecular formula is C11H13N4+. The molecule has 0 N–H and O–H groups in total. The van der Waals surface area contributed by atoms with Gasteiger partial charge < -0.3 is 4.90 Å². The molecule has 1 aromatic rings.